The zero-order chi connectivity index (χ0) is 10.4. The SMILES string of the molecule is Sc1ccc2c(c1)oc1cc(S)ccc12. The van der Waals surface area contributed by atoms with Gasteiger partial charge in [-0.25, -0.2) is 0 Å². The Morgan fingerprint density at radius 1 is 0.733 bits per heavy atom. The second-order valence-corrected chi connectivity index (χ2v) is 4.50. The second-order valence-electron chi connectivity index (χ2n) is 3.46. The maximum absolute atomic E-state index is 5.72. The predicted octanol–water partition coefficient (Wildman–Crippen LogP) is 4.16. The van der Waals surface area contributed by atoms with Crippen LogP contribution in [-0.4, -0.2) is 0 Å². The third-order valence-corrected chi connectivity index (χ3v) is 3.00. The molecule has 3 aromatic rings. The van der Waals surface area contributed by atoms with Crippen LogP contribution in [0.5, 0.6) is 0 Å². The Bertz CT molecular complexity index is 599. The molecule has 0 atom stereocenters. The molecule has 1 heterocycles. The average Bonchev–Trinajstić information content (AvgIpc) is 2.53. The first-order valence-electron chi connectivity index (χ1n) is 4.58. The zero-order valence-electron chi connectivity index (χ0n) is 7.77. The van der Waals surface area contributed by atoms with E-state index in [1.54, 1.807) is 0 Å². The van der Waals surface area contributed by atoms with Crippen molar-refractivity contribution < 1.29 is 4.42 Å². The van der Waals surface area contributed by atoms with Crippen molar-refractivity contribution in [3.8, 4) is 0 Å². The molecule has 2 aromatic carbocycles. The third-order valence-electron chi connectivity index (χ3n) is 2.44. The number of benzene rings is 2. The lowest BCUT2D eigenvalue weighted by molar-refractivity contribution is 0.667. The van der Waals surface area contributed by atoms with Crippen molar-refractivity contribution in [1.29, 1.82) is 0 Å². The fourth-order valence-corrected chi connectivity index (χ4v) is 2.14. The summed E-state index contributed by atoms with van der Waals surface area (Å²) in [4.78, 5) is 1.82. The fourth-order valence-electron chi connectivity index (χ4n) is 1.75. The van der Waals surface area contributed by atoms with E-state index >= 15 is 0 Å². The molecule has 0 bridgehead atoms. The van der Waals surface area contributed by atoms with Gasteiger partial charge in [0.1, 0.15) is 11.2 Å². The second kappa shape index (κ2) is 3.22. The van der Waals surface area contributed by atoms with Crippen LogP contribution in [0.4, 0.5) is 0 Å². The number of thiol groups is 2. The van der Waals surface area contributed by atoms with Crippen molar-refractivity contribution in [3.05, 3.63) is 36.4 Å². The Labute approximate surface area is 97.9 Å². The minimum absolute atomic E-state index is 0.872. The van der Waals surface area contributed by atoms with Crippen LogP contribution in [-0.2, 0) is 0 Å². The summed E-state index contributed by atoms with van der Waals surface area (Å²) in [7, 11) is 0. The van der Waals surface area contributed by atoms with Crippen molar-refractivity contribution in [2.75, 3.05) is 0 Å². The molecule has 0 aliphatic carbocycles. The summed E-state index contributed by atoms with van der Waals surface area (Å²) >= 11 is 8.57. The van der Waals surface area contributed by atoms with E-state index < -0.39 is 0 Å². The molecule has 0 aliphatic heterocycles. The van der Waals surface area contributed by atoms with Gasteiger partial charge in [-0.05, 0) is 36.4 Å². The lowest BCUT2D eigenvalue weighted by Crippen LogP contribution is -1.67. The van der Waals surface area contributed by atoms with Crippen LogP contribution in [0.1, 0.15) is 0 Å². The molecule has 3 heteroatoms. The third kappa shape index (κ3) is 1.43. The monoisotopic (exact) mass is 232 g/mol. The van der Waals surface area contributed by atoms with E-state index in [1.807, 2.05) is 36.4 Å². The molecular formula is C12H8OS2. The van der Waals surface area contributed by atoms with Crippen molar-refractivity contribution >= 4 is 47.2 Å². The highest BCUT2D eigenvalue weighted by Crippen LogP contribution is 2.31. The molecule has 0 amide bonds. The Kier molecular flexibility index (Phi) is 1.97. The molecule has 0 saturated carbocycles. The van der Waals surface area contributed by atoms with Gasteiger partial charge in [-0.15, -0.1) is 25.3 Å². The first-order chi connectivity index (χ1) is 7.24. The van der Waals surface area contributed by atoms with Gasteiger partial charge in [-0.2, -0.15) is 0 Å². The summed E-state index contributed by atoms with van der Waals surface area (Å²) in [5.41, 5.74) is 1.74. The van der Waals surface area contributed by atoms with Gasteiger partial charge < -0.3 is 4.42 Å². The van der Waals surface area contributed by atoms with Gasteiger partial charge in [-0.3, -0.25) is 0 Å². The van der Waals surface area contributed by atoms with E-state index in [-0.39, 0.29) is 0 Å². The summed E-state index contributed by atoms with van der Waals surface area (Å²) in [6.45, 7) is 0. The Morgan fingerprint density at radius 2 is 1.20 bits per heavy atom. The van der Waals surface area contributed by atoms with Crippen molar-refractivity contribution in [3.63, 3.8) is 0 Å². The van der Waals surface area contributed by atoms with E-state index in [4.69, 9.17) is 4.42 Å². The molecule has 3 rings (SSSR count). The Balaban J connectivity index is 2.51. The number of rotatable bonds is 0. The normalized spacial score (nSPS) is 11.3. The van der Waals surface area contributed by atoms with E-state index in [2.05, 4.69) is 25.3 Å². The summed E-state index contributed by atoms with van der Waals surface area (Å²) < 4.78 is 5.72. The van der Waals surface area contributed by atoms with Gasteiger partial charge in [0.2, 0.25) is 0 Å². The van der Waals surface area contributed by atoms with Crippen molar-refractivity contribution in [2.45, 2.75) is 9.79 Å². The smallest absolute Gasteiger partial charge is 0.136 e. The number of furan rings is 1. The lowest BCUT2D eigenvalue weighted by Gasteiger charge is -1.90. The van der Waals surface area contributed by atoms with Crippen LogP contribution in [0.2, 0.25) is 0 Å². The number of hydrogen-bond donors (Lipinski definition) is 2. The molecule has 0 saturated heterocycles. The zero-order valence-corrected chi connectivity index (χ0v) is 9.56. The van der Waals surface area contributed by atoms with Gasteiger partial charge in [0.25, 0.3) is 0 Å². The number of fused-ring (bicyclic) bond motifs is 3. The van der Waals surface area contributed by atoms with E-state index in [0.29, 0.717) is 0 Å². The highest BCUT2D eigenvalue weighted by molar-refractivity contribution is 7.80. The maximum atomic E-state index is 5.72. The van der Waals surface area contributed by atoms with Crippen LogP contribution in [0.25, 0.3) is 21.9 Å². The minimum Gasteiger partial charge on any atom is -0.456 e. The fraction of sp³-hybridized carbons (Fsp3) is 0. The number of hydrogen-bond acceptors (Lipinski definition) is 3. The van der Waals surface area contributed by atoms with E-state index in [9.17, 15) is 0 Å². The Morgan fingerprint density at radius 3 is 1.67 bits per heavy atom. The van der Waals surface area contributed by atoms with Crippen molar-refractivity contribution in [2.24, 2.45) is 0 Å². The molecular weight excluding hydrogens is 224 g/mol. The predicted molar refractivity (Wildman–Crippen MR) is 68.2 cm³/mol. The minimum atomic E-state index is 0.872. The quantitative estimate of drug-likeness (QED) is 0.555. The molecule has 1 aromatic heterocycles. The van der Waals surface area contributed by atoms with Crippen LogP contribution in [0, 0.1) is 0 Å². The molecule has 0 N–H and O–H groups in total. The van der Waals surface area contributed by atoms with Crippen LogP contribution in [0.15, 0.2) is 50.6 Å². The first-order valence-corrected chi connectivity index (χ1v) is 5.48. The van der Waals surface area contributed by atoms with E-state index in [1.165, 1.54) is 0 Å². The lowest BCUT2D eigenvalue weighted by atomic mass is 10.1. The highest BCUT2D eigenvalue weighted by Gasteiger charge is 2.06. The van der Waals surface area contributed by atoms with E-state index in [0.717, 1.165) is 31.7 Å². The van der Waals surface area contributed by atoms with Crippen LogP contribution >= 0.6 is 25.3 Å². The average molecular weight is 232 g/mol. The van der Waals surface area contributed by atoms with Crippen molar-refractivity contribution in [1.82, 2.24) is 0 Å². The summed E-state index contributed by atoms with van der Waals surface area (Å²) in [5.74, 6) is 0. The van der Waals surface area contributed by atoms with Crippen LogP contribution < -0.4 is 0 Å². The largest absolute Gasteiger partial charge is 0.456 e. The Hall–Kier alpha value is -1.06. The summed E-state index contributed by atoms with van der Waals surface area (Å²) in [6.07, 6.45) is 0. The van der Waals surface area contributed by atoms with Gasteiger partial charge in [0, 0.05) is 20.6 Å². The molecule has 0 aliphatic rings. The molecule has 0 radical (unpaired) electrons. The van der Waals surface area contributed by atoms with Gasteiger partial charge in [0.15, 0.2) is 0 Å². The van der Waals surface area contributed by atoms with Gasteiger partial charge >= 0.3 is 0 Å². The standard InChI is InChI=1S/C12H8OS2/c14-7-1-3-9-10-4-2-8(15)6-12(10)13-11(9)5-7/h1-6,14-15H. The van der Waals surface area contributed by atoms with Crippen LogP contribution in [0.3, 0.4) is 0 Å². The highest BCUT2D eigenvalue weighted by atomic mass is 32.1. The molecule has 0 unspecified atom stereocenters. The van der Waals surface area contributed by atoms with Gasteiger partial charge in [0.05, 0.1) is 0 Å². The molecule has 0 spiro atoms. The summed E-state index contributed by atoms with van der Waals surface area (Å²) in [5, 5.41) is 2.24. The molecule has 74 valence electrons. The molecule has 15 heavy (non-hydrogen) atoms. The summed E-state index contributed by atoms with van der Waals surface area (Å²) in [6, 6.07) is 11.8. The maximum Gasteiger partial charge on any atom is 0.136 e. The molecule has 0 fully saturated rings. The molecule has 1 nitrogen and oxygen atoms in total. The first kappa shape index (κ1) is 9.19. The topological polar surface area (TPSA) is 13.1 Å². The van der Waals surface area contributed by atoms with Gasteiger partial charge in [-0.1, -0.05) is 0 Å².